The summed E-state index contributed by atoms with van der Waals surface area (Å²) in [5.74, 6) is 1.69. The van der Waals surface area contributed by atoms with Crippen LogP contribution in [0.15, 0.2) is 48.5 Å². The molecule has 0 aliphatic heterocycles. The lowest BCUT2D eigenvalue weighted by Gasteiger charge is -2.12. The second-order valence-electron chi connectivity index (χ2n) is 7.24. The van der Waals surface area contributed by atoms with Crippen LogP contribution in [-0.4, -0.2) is 22.0 Å². The van der Waals surface area contributed by atoms with Crippen molar-refractivity contribution in [2.75, 3.05) is 6.54 Å². The molecule has 4 heteroatoms. The zero-order chi connectivity index (χ0) is 19.2. The molecule has 1 atom stereocenters. The maximum atomic E-state index is 11.1. The number of amides is 1. The summed E-state index contributed by atoms with van der Waals surface area (Å²) in [7, 11) is 0. The van der Waals surface area contributed by atoms with Crippen molar-refractivity contribution in [3.8, 4) is 0 Å². The summed E-state index contributed by atoms with van der Waals surface area (Å²) in [6.07, 6.45) is 2.89. The molecule has 3 rings (SSSR count). The number of fused-ring (bicyclic) bond motifs is 1. The van der Waals surface area contributed by atoms with Crippen molar-refractivity contribution in [3.63, 3.8) is 0 Å². The molecule has 0 radical (unpaired) electrons. The van der Waals surface area contributed by atoms with Crippen LogP contribution in [-0.2, 0) is 17.8 Å². The summed E-state index contributed by atoms with van der Waals surface area (Å²) in [5.41, 5.74) is 4.88. The smallest absolute Gasteiger partial charge is 0.216 e. The molecule has 2 aromatic carbocycles. The van der Waals surface area contributed by atoms with Crippen molar-refractivity contribution in [1.82, 2.24) is 14.9 Å². The van der Waals surface area contributed by atoms with Crippen molar-refractivity contribution in [3.05, 3.63) is 65.5 Å². The second kappa shape index (κ2) is 8.85. The lowest BCUT2D eigenvalue weighted by atomic mass is 9.97. The molecule has 0 saturated carbocycles. The number of carbonyl (C=O) groups is 1. The third-order valence-electron chi connectivity index (χ3n) is 5.19. The molecular weight excluding hydrogens is 334 g/mol. The average molecular weight is 364 g/mol. The topological polar surface area (TPSA) is 46.9 Å². The lowest BCUT2D eigenvalue weighted by molar-refractivity contribution is -0.118. The van der Waals surface area contributed by atoms with Gasteiger partial charge in [-0.1, -0.05) is 50.2 Å². The van der Waals surface area contributed by atoms with Crippen LogP contribution in [0.2, 0.25) is 0 Å². The maximum absolute atomic E-state index is 11.1. The first kappa shape index (κ1) is 19.2. The number of benzene rings is 2. The van der Waals surface area contributed by atoms with Gasteiger partial charge in [-0.3, -0.25) is 4.79 Å². The van der Waals surface area contributed by atoms with Crippen LogP contribution in [0.1, 0.15) is 56.5 Å². The summed E-state index contributed by atoms with van der Waals surface area (Å²) in [5, 5.41) is 2.87. The molecule has 0 saturated heterocycles. The van der Waals surface area contributed by atoms with Crippen molar-refractivity contribution < 1.29 is 4.79 Å². The number of rotatable bonds is 8. The molecule has 3 aromatic rings. The van der Waals surface area contributed by atoms with Crippen molar-refractivity contribution >= 4 is 16.9 Å². The van der Waals surface area contributed by atoms with E-state index in [1.54, 1.807) is 6.92 Å². The summed E-state index contributed by atoms with van der Waals surface area (Å²) < 4.78 is 2.31. The van der Waals surface area contributed by atoms with Gasteiger partial charge in [0.15, 0.2) is 0 Å². The van der Waals surface area contributed by atoms with E-state index >= 15 is 0 Å². The number of imidazole rings is 1. The Labute approximate surface area is 161 Å². The van der Waals surface area contributed by atoms with E-state index < -0.39 is 0 Å². The Morgan fingerprint density at radius 2 is 1.89 bits per heavy atom. The fraction of sp³-hybridized carbons (Fsp3) is 0.391. The molecule has 1 aromatic heterocycles. The predicted octanol–water partition coefficient (Wildman–Crippen LogP) is 4.67. The molecule has 27 heavy (non-hydrogen) atoms. The fourth-order valence-corrected chi connectivity index (χ4v) is 3.37. The minimum Gasteiger partial charge on any atom is -0.356 e. The van der Waals surface area contributed by atoms with Crippen LogP contribution in [0.5, 0.6) is 0 Å². The van der Waals surface area contributed by atoms with E-state index in [1.807, 2.05) is 6.07 Å². The third-order valence-corrected chi connectivity index (χ3v) is 5.19. The van der Waals surface area contributed by atoms with E-state index in [2.05, 4.69) is 66.2 Å². The van der Waals surface area contributed by atoms with Gasteiger partial charge >= 0.3 is 0 Å². The van der Waals surface area contributed by atoms with Crippen LogP contribution < -0.4 is 5.32 Å². The number of nitrogens with one attached hydrogen (secondary N) is 1. The molecule has 0 aliphatic carbocycles. The van der Waals surface area contributed by atoms with Gasteiger partial charge in [0.05, 0.1) is 11.0 Å². The van der Waals surface area contributed by atoms with Crippen LogP contribution in [0.3, 0.4) is 0 Å². The highest BCUT2D eigenvalue weighted by atomic mass is 16.1. The van der Waals surface area contributed by atoms with E-state index in [0.29, 0.717) is 12.5 Å². The Morgan fingerprint density at radius 3 is 2.59 bits per heavy atom. The number of hydrogen-bond acceptors (Lipinski definition) is 2. The largest absolute Gasteiger partial charge is 0.356 e. The first-order valence-electron chi connectivity index (χ1n) is 9.86. The molecule has 0 fully saturated rings. The summed E-state index contributed by atoms with van der Waals surface area (Å²) in [4.78, 5) is 15.9. The Balaban J connectivity index is 1.81. The molecule has 0 aliphatic rings. The summed E-state index contributed by atoms with van der Waals surface area (Å²) in [6.45, 7) is 7.55. The maximum Gasteiger partial charge on any atom is 0.216 e. The Hall–Kier alpha value is -2.62. The normalized spacial score (nSPS) is 12.3. The monoisotopic (exact) mass is 363 g/mol. The Bertz CT molecular complexity index is 896. The minimum absolute atomic E-state index is 0.0184. The molecule has 142 valence electrons. The number of nitrogens with zero attached hydrogens (tertiary/aromatic N) is 2. The SMILES string of the molecule is CCC(C)c1ccc(Cn2c(CCCNC(C)=O)nc3ccccc32)cc1. The summed E-state index contributed by atoms with van der Waals surface area (Å²) in [6, 6.07) is 17.3. The average Bonchev–Trinajstić information content (AvgIpc) is 3.02. The minimum atomic E-state index is 0.0184. The van der Waals surface area contributed by atoms with E-state index in [9.17, 15) is 4.79 Å². The quantitative estimate of drug-likeness (QED) is 0.591. The van der Waals surface area contributed by atoms with Crippen molar-refractivity contribution in [2.24, 2.45) is 0 Å². The highest BCUT2D eigenvalue weighted by molar-refractivity contribution is 5.76. The molecule has 1 unspecified atom stereocenters. The third kappa shape index (κ3) is 4.76. The lowest BCUT2D eigenvalue weighted by Crippen LogP contribution is -2.21. The fourth-order valence-electron chi connectivity index (χ4n) is 3.37. The molecule has 1 amide bonds. The molecule has 0 bridgehead atoms. The van der Waals surface area contributed by atoms with Crippen LogP contribution in [0.25, 0.3) is 11.0 Å². The second-order valence-corrected chi connectivity index (χ2v) is 7.24. The highest BCUT2D eigenvalue weighted by Crippen LogP contribution is 2.22. The van der Waals surface area contributed by atoms with E-state index in [4.69, 9.17) is 4.98 Å². The molecule has 1 heterocycles. The Morgan fingerprint density at radius 1 is 1.15 bits per heavy atom. The van der Waals surface area contributed by atoms with Crippen molar-refractivity contribution in [1.29, 1.82) is 0 Å². The van der Waals surface area contributed by atoms with Gasteiger partial charge in [-0.05, 0) is 42.0 Å². The Kier molecular flexibility index (Phi) is 6.28. The van der Waals surface area contributed by atoms with Crippen LogP contribution >= 0.6 is 0 Å². The summed E-state index contributed by atoms with van der Waals surface area (Å²) >= 11 is 0. The van der Waals surface area contributed by atoms with Crippen LogP contribution in [0.4, 0.5) is 0 Å². The predicted molar refractivity (Wildman–Crippen MR) is 111 cm³/mol. The standard InChI is InChI=1S/C23H29N3O/c1-4-17(2)20-13-11-19(12-14-20)16-26-22-9-6-5-8-21(22)25-23(26)10-7-15-24-18(3)27/h5-6,8-9,11-14,17H,4,7,10,15-16H2,1-3H3,(H,24,27). The van der Waals surface area contributed by atoms with Gasteiger partial charge in [-0.25, -0.2) is 4.98 Å². The van der Waals surface area contributed by atoms with Gasteiger partial charge in [0.25, 0.3) is 0 Å². The molecule has 1 N–H and O–H groups in total. The van der Waals surface area contributed by atoms with Gasteiger partial charge in [0.1, 0.15) is 5.82 Å². The number of aromatic nitrogens is 2. The molecule has 0 spiro atoms. The molecule has 4 nitrogen and oxygen atoms in total. The number of hydrogen-bond donors (Lipinski definition) is 1. The van der Waals surface area contributed by atoms with E-state index in [0.717, 1.165) is 42.7 Å². The zero-order valence-corrected chi connectivity index (χ0v) is 16.5. The van der Waals surface area contributed by atoms with Gasteiger partial charge in [-0.15, -0.1) is 0 Å². The van der Waals surface area contributed by atoms with Gasteiger partial charge in [0.2, 0.25) is 5.91 Å². The number of para-hydroxylation sites is 2. The first-order chi connectivity index (χ1) is 13.1. The van der Waals surface area contributed by atoms with E-state index in [1.165, 1.54) is 11.1 Å². The molecular formula is C23H29N3O. The first-order valence-corrected chi connectivity index (χ1v) is 9.86. The number of carbonyl (C=O) groups excluding carboxylic acids is 1. The highest BCUT2D eigenvalue weighted by Gasteiger charge is 2.11. The zero-order valence-electron chi connectivity index (χ0n) is 16.5. The van der Waals surface area contributed by atoms with Crippen molar-refractivity contribution in [2.45, 2.75) is 52.5 Å². The van der Waals surface area contributed by atoms with Gasteiger partial charge < -0.3 is 9.88 Å². The van der Waals surface area contributed by atoms with Crippen LogP contribution in [0, 0.1) is 0 Å². The van der Waals surface area contributed by atoms with Gasteiger partial charge in [0, 0.05) is 26.4 Å². The number of aryl methyl sites for hydroxylation is 1. The van der Waals surface area contributed by atoms with Gasteiger partial charge in [-0.2, -0.15) is 0 Å². The van der Waals surface area contributed by atoms with E-state index in [-0.39, 0.29) is 5.91 Å².